The Hall–Kier alpha value is -1.58. The molecule has 0 N–H and O–H groups in total. The minimum Gasteiger partial charge on any atom is -0.364 e. The Kier molecular flexibility index (Phi) is 2.50. The van der Waals surface area contributed by atoms with Gasteiger partial charge in [-0.1, -0.05) is 28.4 Å². The second-order valence-electron chi connectivity index (χ2n) is 3.56. The summed E-state index contributed by atoms with van der Waals surface area (Å²) in [5.41, 5.74) is 2.25. The zero-order valence-electron chi connectivity index (χ0n) is 8.52. The molecule has 0 amide bonds. The van der Waals surface area contributed by atoms with Crippen molar-refractivity contribution in [2.24, 2.45) is 0 Å². The third kappa shape index (κ3) is 1.88. The summed E-state index contributed by atoms with van der Waals surface area (Å²) in [5.74, 6) is 0. The molecule has 0 saturated heterocycles. The van der Waals surface area contributed by atoms with Gasteiger partial charge in [0.15, 0.2) is 0 Å². The molecule has 0 bridgehead atoms. The van der Waals surface area contributed by atoms with E-state index in [1.807, 2.05) is 6.07 Å². The first-order valence-corrected chi connectivity index (χ1v) is 5.65. The van der Waals surface area contributed by atoms with Crippen molar-refractivity contribution in [3.8, 4) is 11.3 Å². The molecule has 2 aromatic heterocycles. The molecule has 0 aliphatic rings. The van der Waals surface area contributed by atoms with Crippen LogP contribution in [0.25, 0.3) is 22.2 Å². The lowest BCUT2D eigenvalue weighted by molar-refractivity contribution is 0.420. The van der Waals surface area contributed by atoms with Crippen molar-refractivity contribution in [2.45, 2.75) is 0 Å². The number of aromatic nitrogens is 2. The molecule has 0 saturated carbocycles. The van der Waals surface area contributed by atoms with Crippen molar-refractivity contribution in [1.82, 2.24) is 10.1 Å². The van der Waals surface area contributed by atoms with Crippen LogP contribution in [0.2, 0.25) is 10.0 Å². The van der Waals surface area contributed by atoms with Crippen LogP contribution < -0.4 is 0 Å². The fraction of sp³-hybridized carbons (Fsp3) is 0. The van der Waals surface area contributed by atoms with Crippen molar-refractivity contribution >= 4 is 34.1 Å². The summed E-state index contributed by atoms with van der Waals surface area (Å²) in [7, 11) is 0. The van der Waals surface area contributed by atoms with Gasteiger partial charge in [0.05, 0.1) is 28.0 Å². The van der Waals surface area contributed by atoms with E-state index in [4.69, 9.17) is 27.7 Å². The van der Waals surface area contributed by atoms with Crippen molar-refractivity contribution in [2.75, 3.05) is 0 Å². The molecule has 5 heteroatoms. The van der Waals surface area contributed by atoms with Gasteiger partial charge in [-0.05, 0) is 24.3 Å². The van der Waals surface area contributed by atoms with Crippen LogP contribution in [-0.4, -0.2) is 10.1 Å². The van der Waals surface area contributed by atoms with E-state index in [-0.39, 0.29) is 0 Å². The van der Waals surface area contributed by atoms with Crippen molar-refractivity contribution in [1.29, 1.82) is 0 Å². The minimum atomic E-state index is 0.628. The first-order valence-electron chi connectivity index (χ1n) is 4.89. The van der Waals surface area contributed by atoms with Gasteiger partial charge in [0, 0.05) is 10.4 Å². The molecule has 0 unspecified atom stereocenters. The lowest BCUT2D eigenvalue weighted by Crippen LogP contribution is -1.85. The van der Waals surface area contributed by atoms with Gasteiger partial charge in [-0.15, -0.1) is 0 Å². The lowest BCUT2D eigenvalue weighted by atomic mass is 10.1. The first-order chi connectivity index (χ1) is 8.24. The average molecular weight is 265 g/mol. The van der Waals surface area contributed by atoms with Crippen LogP contribution in [-0.2, 0) is 0 Å². The van der Waals surface area contributed by atoms with Crippen LogP contribution in [0.4, 0.5) is 0 Å². The van der Waals surface area contributed by atoms with Crippen LogP contribution in [0.3, 0.4) is 0 Å². The number of halogens is 2. The van der Waals surface area contributed by atoms with Crippen LogP contribution in [0.5, 0.6) is 0 Å². The first kappa shape index (κ1) is 10.6. The number of fused-ring (bicyclic) bond motifs is 1. The fourth-order valence-corrected chi connectivity index (χ4v) is 2.07. The largest absolute Gasteiger partial charge is 0.364 e. The van der Waals surface area contributed by atoms with E-state index >= 15 is 0 Å². The van der Waals surface area contributed by atoms with Gasteiger partial charge in [-0.25, -0.2) is 4.98 Å². The molecule has 3 aromatic rings. The topological polar surface area (TPSA) is 38.9 Å². The van der Waals surface area contributed by atoms with Crippen molar-refractivity contribution in [3.63, 3.8) is 0 Å². The quantitative estimate of drug-likeness (QED) is 0.662. The second kappa shape index (κ2) is 4.02. The maximum absolute atomic E-state index is 6.20. The summed E-state index contributed by atoms with van der Waals surface area (Å²) in [5, 5.41) is 5.77. The van der Waals surface area contributed by atoms with E-state index in [1.54, 1.807) is 24.4 Å². The third-order valence-corrected chi connectivity index (χ3v) is 3.00. The molecule has 3 nitrogen and oxygen atoms in total. The molecule has 0 spiro atoms. The van der Waals surface area contributed by atoms with Gasteiger partial charge in [0.25, 0.3) is 0 Å². The zero-order valence-corrected chi connectivity index (χ0v) is 10.0. The van der Waals surface area contributed by atoms with Gasteiger partial charge < -0.3 is 4.52 Å². The zero-order chi connectivity index (χ0) is 11.8. The molecule has 3 rings (SSSR count). The number of hydrogen-bond acceptors (Lipinski definition) is 3. The summed E-state index contributed by atoms with van der Waals surface area (Å²) in [4.78, 5) is 4.47. The molecule has 84 valence electrons. The number of rotatable bonds is 1. The van der Waals surface area contributed by atoms with Gasteiger partial charge >= 0.3 is 0 Å². The second-order valence-corrected chi connectivity index (χ2v) is 4.41. The Morgan fingerprint density at radius 1 is 1.12 bits per heavy atom. The molecule has 1 aromatic carbocycles. The lowest BCUT2D eigenvalue weighted by Gasteiger charge is -2.03. The maximum atomic E-state index is 6.20. The van der Waals surface area contributed by atoms with E-state index in [9.17, 15) is 0 Å². The Bertz CT molecular complexity index is 680. The number of nitrogens with zero attached hydrogens (tertiary/aromatic N) is 2. The molecule has 0 aliphatic carbocycles. The predicted octanol–water partition coefficient (Wildman–Crippen LogP) is 4.20. The molecular weight excluding hydrogens is 259 g/mol. The van der Waals surface area contributed by atoms with Crippen LogP contribution in [0.15, 0.2) is 41.2 Å². The van der Waals surface area contributed by atoms with E-state index in [0.29, 0.717) is 15.7 Å². The van der Waals surface area contributed by atoms with Crippen LogP contribution >= 0.6 is 23.2 Å². The number of hydrogen-bond donors (Lipinski definition) is 0. The van der Waals surface area contributed by atoms with Gasteiger partial charge in [0.2, 0.25) is 0 Å². The highest BCUT2D eigenvalue weighted by Crippen LogP contribution is 2.29. The fourth-order valence-electron chi connectivity index (χ4n) is 1.64. The van der Waals surface area contributed by atoms with E-state index in [1.165, 1.54) is 6.26 Å². The monoisotopic (exact) mass is 264 g/mol. The molecule has 0 fully saturated rings. The number of benzene rings is 1. The Morgan fingerprint density at radius 3 is 2.76 bits per heavy atom. The molecule has 0 aliphatic heterocycles. The number of pyridine rings is 1. The highest BCUT2D eigenvalue weighted by molar-refractivity contribution is 6.36. The summed E-state index contributed by atoms with van der Waals surface area (Å²) in [6, 6.07) is 7.20. The van der Waals surface area contributed by atoms with Crippen LogP contribution in [0.1, 0.15) is 0 Å². The standard InChI is InChI=1S/C12H6Cl2N2O/c13-8-1-2-9-10(14)4-11(16-12(9)3-8)7-5-15-17-6-7/h1-6H. The molecule has 0 atom stereocenters. The maximum Gasteiger partial charge on any atom is 0.133 e. The summed E-state index contributed by atoms with van der Waals surface area (Å²) < 4.78 is 4.79. The molecular formula is C12H6Cl2N2O. The third-order valence-electron chi connectivity index (χ3n) is 2.45. The smallest absolute Gasteiger partial charge is 0.133 e. The van der Waals surface area contributed by atoms with E-state index in [0.717, 1.165) is 16.5 Å². The predicted molar refractivity (Wildman–Crippen MR) is 67.3 cm³/mol. The SMILES string of the molecule is Clc1ccc2c(Cl)cc(-c3cnoc3)nc2c1. The Balaban J connectivity index is 2.29. The molecule has 0 radical (unpaired) electrons. The highest BCUT2D eigenvalue weighted by Gasteiger charge is 2.08. The van der Waals surface area contributed by atoms with E-state index < -0.39 is 0 Å². The van der Waals surface area contributed by atoms with E-state index in [2.05, 4.69) is 10.1 Å². The highest BCUT2D eigenvalue weighted by atomic mass is 35.5. The summed E-state index contributed by atoms with van der Waals surface area (Å²) in [6.45, 7) is 0. The Labute approximate surface area is 107 Å². The summed E-state index contributed by atoms with van der Waals surface area (Å²) >= 11 is 12.1. The van der Waals surface area contributed by atoms with Crippen LogP contribution in [0, 0.1) is 0 Å². The van der Waals surface area contributed by atoms with Crippen molar-refractivity contribution in [3.05, 3.63) is 46.8 Å². The average Bonchev–Trinajstić information content (AvgIpc) is 2.81. The molecule has 2 heterocycles. The van der Waals surface area contributed by atoms with Gasteiger partial charge in [0.1, 0.15) is 6.26 Å². The van der Waals surface area contributed by atoms with Gasteiger partial charge in [-0.2, -0.15) is 0 Å². The molecule has 17 heavy (non-hydrogen) atoms. The summed E-state index contributed by atoms with van der Waals surface area (Å²) in [6.07, 6.45) is 3.12. The van der Waals surface area contributed by atoms with Crippen molar-refractivity contribution < 1.29 is 4.52 Å². The normalized spacial score (nSPS) is 10.9. The van der Waals surface area contributed by atoms with Gasteiger partial charge in [-0.3, -0.25) is 0 Å². The Morgan fingerprint density at radius 2 is 2.00 bits per heavy atom. The minimum absolute atomic E-state index is 0.628.